The molecule has 0 aliphatic rings. The van der Waals surface area contributed by atoms with Gasteiger partial charge in [-0.2, -0.15) is 0 Å². The van der Waals surface area contributed by atoms with Gasteiger partial charge in [0.25, 0.3) is 5.79 Å². The molecule has 0 amide bonds. The lowest BCUT2D eigenvalue weighted by Crippen LogP contribution is -2.40. The van der Waals surface area contributed by atoms with E-state index in [2.05, 4.69) is 0 Å². The van der Waals surface area contributed by atoms with Gasteiger partial charge in [0.15, 0.2) is 0 Å². The number of carboxylic acids is 1. The maximum Gasteiger partial charge on any atom is 0.364 e. The van der Waals surface area contributed by atoms with Crippen molar-refractivity contribution in [2.24, 2.45) is 0 Å². The minimum Gasteiger partial charge on any atom is -0.507 e. The van der Waals surface area contributed by atoms with Crippen molar-refractivity contribution in [1.29, 1.82) is 0 Å². The van der Waals surface area contributed by atoms with E-state index >= 15 is 0 Å². The third-order valence-electron chi connectivity index (χ3n) is 3.58. The van der Waals surface area contributed by atoms with Crippen molar-refractivity contribution in [2.45, 2.75) is 64.6 Å². The van der Waals surface area contributed by atoms with E-state index in [1.165, 1.54) is 0 Å². The van der Waals surface area contributed by atoms with Gasteiger partial charge in [0.2, 0.25) is 0 Å². The lowest BCUT2D eigenvalue weighted by atomic mass is 9.78. The Hall–Kier alpha value is -1.59. The number of aliphatic carboxylic acids is 1. The lowest BCUT2D eigenvalue weighted by molar-refractivity contribution is -0.202. The van der Waals surface area contributed by atoms with Gasteiger partial charge in [0.1, 0.15) is 5.75 Å². The molecule has 0 aliphatic carbocycles. The van der Waals surface area contributed by atoms with Crippen LogP contribution in [0.25, 0.3) is 0 Å². The quantitative estimate of drug-likeness (QED) is 0.642. The molecule has 0 radical (unpaired) electrons. The molecule has 4 N–H and O–H groups in total. The van der Waals surface area contributed by atoms with E-state index in [1.807, 2.05) is 41.5 Å². The van der Waals surface area contributed by atoms with Gasteiger partial charge in [0, 0.05) is 6.42 Å². The highest BCUT2D eigenvalue weighted by molar-refractivity contribution is 5.75. The van der Waals surface area contributed by atoms with Crippen LogP contribution in [-0.4, -0.2) is 32.2 Å². The molecule has 5 heteroatoms. The van der Waals surface area contributed by atoms with Crippen molar-refractivity contribution in [3.63, 3.8) is 0 Å². The van der Waals surface area contributed by atoms with E-state index < -0.39 is 18.2 Å². The van der Waals surface area contributed by atoms with Gasteiger partial charge in [-0.1, -0.05) is 53.7 Å². The fraction of sp³-hybridized carbons (Fsp3) is 0.588. The first-order valence-corrected chi connectivity index (χ1v) is 7.21. The molecule has 0 saturated heterocycles. The summed E-state index contributed by atoms with van der Waals surface area (Å²) in [5, 5.41) is 38.6. The van der Waals surface area contributed by atoms with Crippen LogP contribution in [0.15, 0.2) is 12.1 Å². The van der Waals surface area contributed by atoms with Crippen molar-refractivity contribution < 1.29 is 25.2 Å². The summed E-state index contributed by atoms with van der Waals surface area (Å²) in [5.74, 6) is -4.36. The molecule has 0 fully saturated rings. The fourth-order valence-electron chi connectivity index (χ4n) is 2.30. The normalized spacial score (nSPS) is 13.3. The van der Waals surface area contributed by atoms with Gasteiger partial charge < -0.3 is 20.4 Å². The summed E-state index contributed by atoms with van der Waals surface area (Å²) in [6, 6.07) is 3.27. The zero-order chi connectivity index (χ0) is 17.5. The Morgan fingerprint density at radius 1 is 0.955 bits per heavy atom. The molecule has 22 heavy (non-hydrogen) atoms. The number of phenols is 1. The number of rotatable bonds is 3. The molecule has 0 bridgehead atoms. The summed E-state index contributed by atoms with van der Waals surface area (Å²) in [5.41, 5.74) is 1.03. The van der Waals surface area contributed by atoms with Gasteiger partial charge in [-0.25, -0.2) is 4.79 Å². The molecule has 0 aliphatic heterocycles. The SMILES string of the molecule is CC(C)(C)c1cc(CC(O)(O)C(=O)O)cc(C(C)(C)C)c1O. The van der Waals surface area contributed by atoms with Gasteiger partial charge in [-0.15, -0.1) is 0 Å². The first-order chi connectivity index (χ1) is 9.66. The molecule has 0 heterocycles. The Balaban J connectivity index is 3.52. The predicted octanol–water partition coefficient (Wildman–Crippen LogP) is 2.30. The molecule has 0 aromatic heterocycles. The molecule has 124 valence electrons. The average molecular weight is 310 g/mol. The highest BCUT2D eigenvalue weighted by Crippen LogP contribution is 2.40. The maximum absolute atomic E-state index is 10.9. The number of aliphatic hydroxyl groups is 2. The average Bonchev–Trinajstić information content (AvgIpc) is 2.27. The van der Waals surface area contributed by atoms with E-state index in [0.717, 1.165) is 0 Å². The zero-order valence-electron chi connectivity index (χ0n) is 14.1. The summed E-state index contributed by atoms with van der Waals surface area (Å²) in [6.07, 6.45) is -0.450. The predicted molar refractivity (Wildman–Crippen MR) is 84.0 cm³/mol. The van der Waals surface area contributed by atoms with E-state index in [-0.39, 0.29) is 16.6 Å². The van der Waals surface area contributed by atoms with Crippen molar-refractivity contribution >= 4 is 5.97 Å². The first-order valence-electron chi connectivity index (χ1n) is 7.21. The van der Waals surface area contributed by atoms with Crippen LogP contribution in [0.2, 0.25) is 0 Å². The molecule has 0 spiro atoms. The largest absolute Gasteiger partial charge is 0.507 e. The van der Waals surface area contributed by atoms with Crippen LogP contribution in [0.3, 0.4) is 0 Å². The number of carboxylic acid groups (broad SMARTS) is 1. The van der Waals surface area contributed by atoms with Crippen LogP contribution < -0.4 is 0 Å². The molecule has 0 unspecified atom stereocenters. The van der Waals surface area contributed by atoms with Crippen LogP contribution in [-0.2, 0) is 22.0 Å². The summed E-state index contributed by atoms with van der Waals surface area (Å²) >= 11 is 0. The highest BCUT2D eigenvalue weighted by Gasteiger charge is 2.35. The Morgan fingerprint density at radius 2 is 1.32 bits per heavy atom. The molecule has 1 rings (SSSR count). The van der Waals surface area contributed by atoms with Crippen molar-refractivity contribution in [3.8, 4) is 5.75 Å². The van der Waals surface area contributed by atoms with E-state index in [9.17, 15) is 20.1 Å². The molecule has 5 nitrogen and oxygen atoms in total. The summed E-state index contributed by atoms with van der Waals surface area (Å²) in [6.45, 7) is 11.6. The summed E-state index contributed by atoms with van der Waals surface area (Å²) < 4.78 is 0. The second-order valence-corrected chi connectivity index (χ2v) is 7.84. The molecule has 1 aromatic rings. The van der Waals surface area contributed by atoms with Crippen LogP contribution in [0.4, 0.5) is 0 Å². The van der Waals surface area contributed by atoms with Crippen molar-refractivity contribution in [3.05, 3.63) is 28.8 Å². The zero-order valence-corrected chi connectivity index (χ0v) is 14.1. The number of hydrogen-bond donors (Lipinski definition) is 4. The second-order valence-electron chi connectivity index (χ2n) is 7.84. The Morgan fingerprint density at radius 3 is 1.59 bits per heavy atom. The third kappa shape index (κ3) is 3.99. The standard InChI is InChI=1S/C17H26O5/c1-15(2,3)11-7-10(9-17(21,22)14(19)20)8-12(13(11)18)16(4,5)6/h7-8,18,21-22H,9H2,1-6H3,(H,19,20). The van der Waals surface area contributed by atoms with Crippen LogP contribution in [0, 0.1) is 0 Å². The topological polar surface area (TPSA) is 98.0 Å². The molecular formula is C17H26O5. The molecule has 0 saturated carbocycles. The minimum atomic E-state index is -2.83. The van der Waals surface area contributed by atoms with Gasteiger partial charge in [0.05, 0.1) is 0 Å². The molecule has 0 atom stereocenters. The fourth-order valence-corrected chi connectivity index (χ4v) is 2.30. The van der Waals surface area contributed by atoms with E-state index in [0.29, 0.717) is 16.7 Å². The van der Waals surface area contributed by atoms with Gasteiger partial charge in [-0.05, 0) is 27.5 Å². The van der Waals surface area contributed by atoms with Crippen molar-refractivity contribution in [2.75, 3.05) is 0 Å². The Bertz CT molecular complexity index is 539. The smallest absolute Gasteiger partial charge is 0.364 e. The maximum atomic E-state index is 10.9. The first kappa shape index (κ1) is 18.5. The highest BCUT2D eigenvalue weighted by atomic mass is 16.5. The molecular weight excluding hydrogens is 284 g/mol. The number of phenolic OH excluding ortho intramolecular Hbond substituents is 1. The summed E-state index contributed by atoms with van der Waals surface area (Å²) in [7, 11) is 0. The van der Waals surface area contributed by atoms with Gasteiger partial charge >= 0.3 is 5.97 Å². The summed E-state index contributed by atoms with van der Waals surface area (Å²) in [4.78, 5) is 10.9. The molecule has 1 aromatic carbocycles. The number of aromatic hydroxyl groups is 1. The monoisotopic (exact) mass is 310 g/mol. The third-order valence-corrected chi connectivity index (χ3v) is 3.58. The Labute approximate surface area is 131 Å². The number of carbonyl (C=O) groups is 1. The van der Waals surface area contributed by atoms with Crippen molar-refractivity contribution in [1.82, 2.24) is 0 Å². The second kappa shape index (κ2) is 5.56. The van der Waals surface area contributed by atoms with Crippen LogP contribution in [0.1, 0.15) is 58.2 Å². The Kier molecular flexibility index (Phi) is 4.66. The number of hydrogen-bond acceptors (Lipinski definition) is 4. The van der Waals surface area contributed by atoms with Crippen LogP contribution >= 0.6 is 0 Å². The van der Waals surface area contributed by atoms with E-state index in [4.69, 9.17) is 5.11 Å². The lowest BCUT2D eigenvalue weighted by Gasteiger charge is -2.29. The minimum absolute atomic E-state index is 0.167. The van der Waals surface area contributed by atoms with E-state index in [1.54, 1.807) is 12.1 Å². The number of benzene rings is 1. The van der Waals surface area contributed by atoms with Crippen LogP contribution in [0.5, 0.6) is 5.75 Å². The van der Waals surface area contributed by atoms with Gasteiger partial charge in [-0.3, -0.25) is 0 Å².